The van der Waals surface area contributed by atoms with Crippen molar-refractivity contribution in [2.24, 2.45) is 0 Å². The van der Waals surface area contributed by atoms with Gasteiger partial charge in [0.1, 0.15) is 0 Å². The second-order valence-corrected chi connectivity index (χ2v) is 5.12. The van der Waals surface area contributed by atoms with Crippen molar-refractivity contribution in [3.8, 4) is 5.69 Å². The van der Waals surface area contributed by atoms with Crippen molar-refractivity contribution in [1.29, 1.82) is 0 Å². The molecule has 1 aromatic carbocycles. The number of methoxy groups -OCH3 is 1. The second-order valence-electron chi connectivity index (χ2n) is 4.21. The van der Waals surface area contributed by atoms with Crippen LogP contribution in [0.25, 0.3) is 5.69 Å². The van der Waals surface area contributed by atoms with Crippen LogP contribution in [0.3, 0.4) is 0 Å². The molecule has 1 amide bonds. The number of amides is 1. The van der Waals surface area contributed by atoms with Crippen molar-refractivity contribution in [3.63, 3.8) is 0 Å². The van der Waals surface area contributed by atoms with Gasteiger partial charge in [0.25, 0.3) is 11.7 Å². The molecule has 20 heavy (non-hydrogen) atoms. The van der Waals surface area contributed by atoms with Gasteiger partial charge < -0.3 is 10.1 Å². The lowest BCUT2D eigenvalue weighted by Gasteiger charge is -2.10. The van der Waals surface area contributed by atoms with Gasteiger partial charge in [0.05, 0.1) is 12.3 Å². The SMILES string of the molecule is COC[C@H](C)NC(=O)c1nnn(-c2ccc(Br)cc2)n1. The van der Waals surface area contributed by atoms with E-state index >= 15 is 0 Å². The van der Waals surface area contributed by atoms with E-state index in [-0.39, 0.29) is 17.8 Å². The van der Waals surface area contributed by atoms with Crippen LogP contribution in [0, 0.1) is 0 Å². The van der Waals surface area contributed by atoms with E-state index in [0.717, 1.165) is 10.2 Å². The van der Waals surface area contributed by atoms with Crippen LogP contribution in [0.2, 0.25) is 0 Å². The minimum absolute atomic E-state index is 0.0240. The van der Waals surface area contributed by atoms with Crippen LogP contribution in [0.4, 0.5) is 0 Å². The third-order valence-electron chi connectivity index (χ3n) is 2.47. The van der Waals surface area contributed by atoms with Gasteiger partial charge in [-0.15, -0.1) is 15.0 Å². The average Bonchev–Trinajstić information content (AvgIpc) is 2.89. The van der Waals surface area contributed by atoms with Crippen LogP contribution >= 0.6 is 15.9 Å². The lowest BCUT2D eigenvalue weighted by atomic mass is 10.3. The van der Waals surface area contributed by atoms with Gasteiger partial charge in [-0.25, -0.2) is 0 Å². The molecule has 0 aliphatic carbocycles. The molecule has 8 heteroatoms. The second kappa shape index (κ2) is 6.58. The predicted octanol–water partition coefficient (Wildman–Crippen LogP) is 1.19. The van der Waals surface area contributed by atoms with Gasteiger partial charge >= 0.3 is 0 Å². The zero-order valence-electron chi connectivity index (χ0n) is 11.1. The lowest BCUT2D eigenvalue weighted by molar-refractivity contribution is 0.0895. The minimum atomic E-state index is -0.377. The Morgan fingerprint density at radius 1 is 1.45 bits per heavy atom. The Bertz CT molecular complexity index is 584. The maximum atomic E-state index is 11.9. The summed E-state index contributed by atoms with van der Waals surface area (Å²) < 4.78 is 5.90. The van der Waals surface area contributed by atoms with Gasteiger partial charge in [-0.1, -0.05) is 15.9 Å². The number of benzene rings is 1. The summed E-state index contributed by atoms with van der Waals surface area (Å²) in [6, 6.07) is 7.24. The molecule has 0 spiro atoms. The van der Waals surface area contributed by atoms with E-state index in [2.05, 4.69) is 36.7 Å². The predicted molar refractivity (Wildman–Crippen MR) is 75.7 cm³/mol. The maximum absolute atomic E-state index is 11.9. The van der Waals surface area contributed by atoms with E-state index in [1.54, 1.807) is 7.11 Å². The number of carbonyl (C=O) groups is 1. The molecule has 1 N–H and O–H groups in total. The highest BCUT2D eigenvalue weighted by atomic mass is 79.9. The molecule has 1 atom stereocenters. The maximum Gasteiger partial charge on any atom is 0.293 e. The molecule has 2 rings (SSSR count). The number of halogens is 1. The summed E-state index contributed by atoms with van der Waals surface area (Å²) in [5.74, 6) is -0.353. The number of tetrazole rings is 1. The van der Waals surface area contributed by atoms with Crippen LogP contribution in [0.5, 0.6) is 0 Å². The highest BCUT2D eigenvalue weighted by molar-refractivity contribution is 9.10. The first-order valence-corrected chi connectivity index (χ1v) is 6.75. The van der Waals surface area contributed by atoms with Gasteiger partial charge in [0, 0.05) is 17.6 Å². The van der Waals surface area contributed by atoms with Gasteiger partial charge in [-0.3, -0.25) is 4.79 Å². The molecule has 0 aliphatic rings. The topological polar surface area (TPSA) is 81.9 Å². The summed E-state index contributed by atoms with van der Waals surface area (Å²) in [6.07, 6.45) is 0. The highest BCUT2D eigenvalue weighted by Gasteiger charge is 2.15. The van der Waals surface area contributed by atoms with E-state index in [1.165, 1.54) is 4.80 Å². The number of nitrogens with one attached hydrogen (secondary N) is 1. The zero-order valence-corrected chi connectivity index (χ0v) is 12.7. The monoisotopic (exact) mass is 339 g/mol. The van der Waals surface area contributed by atoms with Crippen molar-refractivity contribution >= 4 is 21.8 Å². The van der Waals surface area contributed by atoms with Gasteiger partial charge in [-0.05, 0) is 36.4 Å². The van der Waals surface area contributed by atoms with Crippen molar-refractivity contribution in [2.75, 3.05) is 13.7 Å². The van der Waals surface area contributed by atoms with Crippen LogP contribution in [-0.2, 0) is 4.74 Å². The molecule has 0 bridgehead atoms. The largest absolute Gasteiger partial charge is 0.383 e. The molecule has 7 nitrogen and oxygen atoms in total. The number of aromatic nitrogens is 4. The first-order chi connectivity index (χ1) is 9.60. The Morgan fingerprint density at radius 3 is 2.80 bits per heavy atom. The smallest absolute Gasteiger partial charge is 0.293 e. The standard InChI is InChI=1S/C12H14BrN5O2/c1-8(7-20-2)14-12(19)11-15-17-18(16-11)10-5-3-9(13)4-6-10/h3-6,8H,7H2,1-2H3,(H,14,19)/t8-/m0/s1. The summed E-state index contributed by atoms with van der Waals surface area (Å²) in [5, 5.41) is 14.4. The number of nitrogens with zero attached hydrogens (tertiary/aromatic N) is 4. The third-order valence-corrected chi connectivity index (χ3v) is 3.00. The molecule has 2 aromatic rings. The fraction of sp³-hybridized carbons (Fsp3) is 0.333. The minimum Gasteiger partial charge on any atom is -0.383 e. The van der Waals surface area contributed by atoms with E-state index in [0.29, 0.717) is 6.61 Å². The van der Waals surface area contributed by atoms with Crippen molar-refractivity contribution in [1.82, 2.24) is 25.5 Å². The van der Waals surface area contributed by atoms with E-state index in [1.807, 2.05) is 31.2 Å². The zero-order chi connectivity index (χ0) is 14.5. The van der Waals surface area contributed by atoms with Gasteiger partial charge in [0.2, 0.25) is 0 Å². The van der Waals surface area contributed by atoms with E-state index in [4.69, 9.17) is 4.74 Å². The van der Waals surface area contributed by atoms with Gasteiger partial charge in [-0.2, -0.15) is 0 Å². The molecule has 106 valence electrons. The Balaban J connectivity index is 2.08. The molecule has 0 unspecified atom stereocenters. The summed E-state index contributed by atoms with van der Waals surface area (Å²) in [5.41, 5.74) is 0.727. The van der Waals surface area contributed by atoms with E-state index < -0.39 is 0 Å². The number of carbonyl (C=O) groups excluding carboxylic acids is 1. The van der Waals surface area contributed by atoms with E-state index in [9.17, 15) is 4.79 Å². The van der Waals surface area contributed by atoms with Crippen LogP contribution in [-0.4, -0.2) is 45.9 Å². The van der Waals surface area contributed by atoms with Gasteiger partial charge in [0.15, 0.2) is 0 Å². The summed E-state index contributed by atoms with van der Waals surface area (Å²) in [4.78, 5) is 13.2. The van der Waals surface area contributed by atoms with Crippen molar-refractivity contribution in [3.05, 3.63) is 34.6 Å². The Hall–Kier alpha value is -1.80. The molecule has 1 heterocycles. The quantitative estimate of drug-likeness (QED) is 0.884. The first kappa shape index (κ1) is 14.6. The van der Waals surface area contributed by atoms with Crippen LogP contribution < -0.4 is 5.32 Å². The molecule has 1 aromatic heterocycles. The molecular weight excluding hydrogens is 326 g/mol. The number of rotatable bonds is 5. The summed E-state index contributed by atoms with van der Waals surface area (Å²) >= 11 is 3.35. The molecule has 0 radical (unpaired) electrons. The van der Waals surface area contributed by atoms with Crippen LogP contribution in [0.15, 0.2) is 28.7 Å². The van der Waals surface area contributed by atoms with Crippen molar-refractivity contribution in [2.45, 2.75) is 13.0 Å². The lowest BCUT2D eigenvalue weighted by Crippen LogP contribution is -2.36. The fourth-order valence-electron chi connectivity index (χ4n) is 1.57. The third kappa shape index (κ3) is 3.61. The molecule has 0 aliphatic heterocycles. The van der Waals surface area contributed by atoms with Crippen LogP contribution in [0.1, 0.15) is 17.5 Å². The Morgan fingerprint density at radius 2 is 2.15 bits per heavy atom. The molecule has 0 saturated heterocycles. The first-order valence-electron chi connectivity index (χ1n) is 5.96. The number of ether oxygens (including phenoxy) is 1. The molecule has 0 fully saturated rings. The molecule has 0 saturated carbocycles. The Kier molecular flexibility index (Phi) is 4.80. The summed E-state index contributed by atoms with van der Waals surface area (Å²) in [7, 11) is 1.57. The van der Waals surface area contributed by atoms with Crippen molar-refractivity contribution < 1.29 is 9.53 Å². The average molecular weight is 340 g/mol. The Labute approximate surface area is 124 Å². The molecular formula is C12H14BrN5O2. The number of hydrogen-bond acceptors (Lipinski definition) is 5. The number of hydrogen-bond donors (Lipinski definition) is 1. The fourth-order valence-corrected chi connectivity index (χ4v) is 1.83. The summed E-state index contributed by atoms with van der Waals surface area (Å²) in [6.45, 7) is 2.26. The highest BCUT2D eigenvalue weighted by Crippen LogP contribution is 2.12. The normalized spacial score (nSPS) is 12.2.